The normalized spacial score (nSPS) is 10.5. The lowest BCUT2D eigenvalue weighted by molar-refractivity contribution is -0.127. The maximum atomic E-state index is 11.6. The molecule has 5 heteroatoms. The molecule has 1 aromatic rings. The zero-order chi connectivity index (χ0) is 12.7. The van der Waals surface area contributed by atoms with Gasteiger partial charge in [0.15, 0.2) is 0 Å². The third-order valence-corrected chi connectivity index (χ3v) is 3.53. The SMILES string of the molecule is CCSCC(=O)N(C)CCCc1nccn1C. The molecule has 0 aromatic carbocycles. The number of aromatic nitrogens is 2. The predicted octanol–water partition coefficient (Wildman–Crippen LogP) is 1.56. The van der Waals surface area contributed by atoms with Crippen molar-refractivity contribution < 1.29 is 4.79 Å². The van der Waals surface area contributed by atoms with E-state index < -0.39 is 0 Å². The fourth-order valence-corrected chi connectivity index (χ4v) is 2.14. The molecule has 1 heterocycles. The van der Waals surface area contributed by atoms with Crippen LogP contribution in [0.1, 0.15) is 19.2 Å². The van der Waals surface area contributed by atoms with Gasteiger partial charge in [0.1, 0.15) is 5.82 Å². The lowest BCUT2D eigenvalue weighted by Crippen LogP contribution is -2.29. The molecule has 17 heavy (non-hydrogen) atoms. The van der Waals surface area contributed by atoms with Gasteiger partial charge >= 0.3 is 0 Å². The summed E-state index contributed by atoms with van der Waals surface area (Å²) in [4.78, 5) is 17.7. The standard InChI is InChI=1S/C12H21N3OS/c1-4-17-10-12(16)15(3)8-5-6-11-13-7-9-14(11)2/h7,9H,4-6,8,10H2,1-3H3. The van der Waals surface area contributed by atoms with E-state index >= 15 is 0 Å². The summed E-state index contributed by atoms with van der Waals surface area (Å²) < 4.78 is 2.02. The third-order valence-electron chi connectivity index (χ3n) is 2.67. The number of imidazole rings is 1. The molecule has 0 bridgehead atoms. The Hall–Kier alpha value is -0.970. The molecular weight excluding hydrogens is 234 g/mol. The van der Waals surface area contributed by atoms with Crippen LogP contribution in [0.5, 0.6) is 0 Å². The third kappa shape index (κ3) is 4.81. The molecule has 0 saturated heterocycles. The van der Waals surface area contributed by atoms with Gasteiger partial charge < -0.3 is 9.47 Å². The van der Waals surface area contributed by atoms with Gasteiger partial charge in [-0.3, -0.25) is 4.79 Å². The van der Waals surface area contributed by atoms with Crippen LogP contribution in [0.25, 0.3) is 0 Å². The van der Waals surface area contributed by atoms with Gasteiger partial charge in [-0.2, -0.15) is 11.8 Å². The van der Waals surface area contributed by atoms with Crippen LogP contribution in [0.3, 0.4) is 0 Å². The van der Waals surface area contributed by atoms with Gasteiger partial charge in [0.25, 0.3) is 0 Å². The largest absolute Gasteiger partial charge is 0.345 e. The quantitative estimate of drug-likeness (QED) is 0.742. The Morgan fingerprint density at radius 2 is 2.35 bits per heavy atom. The van der Waals surface area contributed by atoms with Gasteiger partial charge in [-0.1, -0.05) is 6.92 Å². The molecule has 0 saturated carbocycles. The molecule has 0 N–H and O–H groups in total. The van der Waals surface area contributed by atoms with Crippen molar-refractivity contribution in [3.05, 3.63) is 18.2 Å². The minimum Gasteiger partial charge on any atom is -0.345 e. The molecule has 1 aromatic heterocycles. The molecule has 0 spiro atoms. The lowest BCUT2D eigenvalue weighted by atomic mass is 10.3. The van der Waals surface area contributed by atoms with Crippen molar-refractivity contribution >= 4 is 17.7 Å². The van der Waals surface area contributed by atoms with Gasteiger partial charge in [0.2, 0.25) is 5.91 Å². The summed E-state index contributed by atoms with van der Waals surface area (Å²) in [6.07, 6.45) is 5.64. The average molecular weight is 255 g/mol. The first-order valence-corrected chi connectivity index (χ1v) is 7.08. The highest BCUT2D eigenvalue weighted by Crippen LogP contribution is 2.03. The van der Waals surface area contributed by atoms with Crippen LogP contribution in [0, 0.1) is 0 Å². The van der Waals surface area contributed by atoms with Crippen LogP contribution >= 0.6 is 11.8 Å². The number of thioether (sulfide) groups is 1. The maximum absolute atomic E-state index is 11.6. The minimum atomic E-state index is 0.219. The Bertz CT molecular complexity index is 351. The second-order valence-corrected chi connectivity index (χ2v) is 5.28. The van der Waals surface area contributed by atoms with Crippen LogP contribution in [-0.4, -0.2) is 45.5 Å². The number of nitrogens with zero attached hydrogens (tertiary/aromatic N) is 3. The molecule has 1 amide bonds. The highest BCUT2D eigenvalue weighted by Gasteiger charge is 2.08. The number of carbonyl (C=O) groups excluding carboxylic acids is 1. The summed E-state index contributed by atoms with van der Waals surface area (Å²) in [6, 6.07) is 0. The van der Waals surface area contributed by atoms with E-state index in [1.807, 2.05) is 36.0 Å². The van der Waals surface area contributed by atoms with Crippen LogP contribution in [0.4, 0.5) is 0 Å². The fourth-order valence-electron chi connectivity index (χ4n) is 1.54. The number of rotatable bonds is 7. The second-order valence-electron chi connectivity index (χ2n) is 4.01. The molecule has 0 radical (unpaired) electrons. The van der Waals surface area contributed by atoms with Gasteiger partial charge in [-0.25, -0.2) is 4.98 Å². The Balaban J connectivity index is 2.22. The van der Waals surface area contributed by atoms with E-state index in [0.717, 1.165) is 31.0 Å². The second kappa shape index (κ2) is 7.37. The Morgan fingerprint density at radius 1 is 1.59 bits per heavy atom. The molecule has 96 valence electrons. The van der Waals surface area contributed by atoms with Gasteiger partial charge in [0, 0.05) is 39.5 Å². The lowest BCUT2D eigenvalue weighted by Gasteiger charge is -2.16. The summed E-state index contributed by atoms with van der Waals surface area (Å²) in [5.41, 5.74) is 0. The molecule has 0 atom stereocenters. The summed E-state index contributed by atoms with van der Waals surface area (Å²) in [6.45, 7) is 2.87. The first kappa shape index (κ1) is 14.1. The van der Waals surface area contributed by atoms with Crippen LogP contribution in [0.2, 0.25) is 0 Å². The number of amides is 1. The molecule has 0 aliphatic heterocycles. The summed E-state index contributed by atoms with van der Waals surface area (Å²) >= 11 is 1.67. The summed E-state index contributed by atoms with van der Waals surface area (Å²) in [7, 11) is 3.87. The average Bonchev–Trinajstić information content (AvgIpc) is 2.72. The maximum Gasteiger partial charge on any atom is 0.232 e. The number of hydrogen-bond donors (Lipinski definition) is 0. The van der Waals surface area contributed by atoms with E-state index in [0.29, 0.717) is 5.75 Å². The molecule has 0 fully saturated rings. The molecule has 0 aliphatic carbocycles. The topological polar surface area (TPSA) is 38.1 Å². The van der Waals surface area contributed by atoms with E-state index in [2.05, 4.69) is 11.9 Å². The predicted molar refractivity (Wildman–Crippen MR) is 72.2 cm³/mol. The van der Waals surface area contributed by atoms with Crippen molar-refractivity contribution in [3.63, 3.8) is 0 Å². The van der Waals surface area contributed by atoms with E-state index in [-0.39, 0.29) is 5.91 Å². The molecule has 0 aliphatic rings. The monoisotopic (exact) mass is 255 g/mol. The number of aryl methyl sites for hydroxylation is 2. The van der Waals surface area contributed by atoms with Crippen LogP contribution in [0.15, 0.2) is 12.4 Å². The van der Waals surface area contributed by atoms with Crippen molar-refractivity contribution in [2.45, 2.75) is 19.8 Å². The first-order valence-electron chi connectivity index (χ1n) is 5.93. The molecule has 4 nitrogen and oxygen atoms in total. The highest BCUT2D eigenvalue weighted by atomic mass is 32.2. The number of carbonyl (C=O) groups is 1. The van der Waals surface area contributed by atoms with Gasteiger partial charge in [-0.15, -0.1) is 0 Å². The van der Waals surface area contributed by atoms with Crippen molar-refractivity contribution in [2.75, 3.05) is 25.1 Å². The molecule has 1 rings (SSSR count). The minimum absolute atomic E-state index is 0.219. The van der Waals surface area contributed by atoms with E-state index in [4.69, 9.17) is 0 Å². The van der Waals surface area contributed by atoms with Crippen molar-refractivity contribution in [2.24, 2.45) is 7.05 Å². The van der Waals surface area contributed by atoms with Gasteiger partial charge in [0.05, 0.1) is 5.75 Å². The Kier molecular flexibility index (Phi) is 6.11. The van der Waals surface area contributed by atoms with Crippen LogP contribution < -0.4 is 0 Å². The van der Waals surface area contributed by atoms with Crippen molar-refractivity contribution in [1.29, 1.82) is 0 Å². The Labute approximate surface area is 107 Å². The Morgan fingerprint density at radius 3 is 2.94 bits per heavy atom. The summed E-state index contributed by atoms with van der Waals surface area (Å²) in [5, 5.41) is 0. The van der Waals surface area contributed by atoms with Crippen LogP contribution in [-0.2, 0) is 18.3 Å². The van der Waals surface area contributed by atoms with Gasteiger partial charge in [-0.05, 0) is 12.2 Å². The molecular formula is C12H21N3OS. The fraction of sp³-hybridized carbons (Fsp3) is 0.667. The smallest absolute Gasteiger partial charge is 0.232 e. The van der Waals surface area contributed by atoms with E-state index in [9.17, 15) is 4.79 Å². The highest BCUT2D eigenvalue weighted by molar-refractivity contribution is 7.99. The first-order chi connectivity index (χ1) is 8.15. The van der Waals surface area contributed by atoms with E-state index in [1.54, 1.807) is 11.8 Å². The zero-order valence-electron chi connectivity index (χ0n) is 10.8. The van der Waals surface area contributed by atoms with Crippen molar-refractivity contribution in [3.8, 4) is 0 Å². The number of hydrogen-bond acceptors (Lipinski definition) is 3. The zero-order valence-corrected chi connectivity index (χ0v) is 11.7. The summed E-state index contributed by atoms with van der Waals surface area (Å²) in [5.74, 6) is 2.88. The van der Waals surface area contributed by atoms with E-state index in [1.165, 1.54) is 0 Å². The molecule has 0 unspecified atom stereocenters. The van der Waals surface area contributed by atoms with Crippen molar-refractivity contribution in [1.82, 2.24) is 14.5 Å².